The van der Waals surface area contributed by atoms with Crippen LogP contribution in [0.1, 0.15) is 51.3 Å². The van der Waals surface area contributed by atoms with E-state index in [2.05, 4.69) is 27.8 Å². The maximum absolute atomic E-state index is 12.7. The molecule has 25 heavy (non-hydrogen) atoms. The molecular formula is C19H29N5O. The number of hydrogen-bond acceptors (Lipinski definition) is 3. The van der Waals surface area contributed by atoms with Gasteiger partial charge in [-0.25, -0.2) is 4.98 Å². The number of piperidine rings is 1. The predicted molar refractivity (Wildman–Crippen MR) is 97.1 cm³/mol. The SMILES string of the molecule is CCCCn1ccnc1C1CCN(C(=O)[C@@H](C)Cn2cccn2)CC1. The number of imidazole rings is 1. The van der Waals surface area contributed by atoms with Gasteiger partial charge in [0.25, 0.3) is 0 Å². The fourth-order valence-electron chi connectivity index (χ4n) is 3.64. The molecule has 0 saturated carbocycles. The van der Waals surface area contributed by atoms with Gasteiger partial charge in [0, 0.05) is 50.3 Å². The normalized spacial score (nSPS) is 17.0. The molecule has 3 heterocycles. The van der Waals surface area contributed by atoms with Crippen molar-refractivity contribution < 1.29 is 4.79 Å². The van der Waals surface area contributed by atoms with E-state index in [4.69, 9.17) is 0 Å². The minimum Gasteiger partial charge on any atom is -0.342 e. The zero-order chi connectivity index (χ0) is 17.6. The van der Waals surface area contributed by atoms with Crippen LogP contribution in [0.2, 0.25) is 0 Å². The van der Waals surface area contributed by atoms with Crippen molar-refractivity contribution in [2.75, 3.05) is 13.1 Å². The highest BCUT2D eigenvalue weighted by molar-refractivity contribution is 5.78. The molecule has 2 aromatic heterocycles. The summed E-state index contributed by atoms with van der Waals surface area (Å²) in [6.07, 6.45) is 12.1. The van der Waals surface area contributed by atoms with E-state index in [1.54, 1.807) is 6.20 Å². The Hall–Kier alpha value is -2.11. The number of carbonyl (C=O) groups excluding carboxylic acids is 1. The second-order valence-electron chi connectivity index (χ2n) is 7.06. The van der Waals surface area contributed by atoms with Crippen LogP contribution in [-0.2, 0) is 17.9 Å². The Bertz CT molecular complexity index is 655. The average molecular weight is 343 g/mol. The Kier molecular flexibility index (Phi) is 5.89. The molecule has 0 N–H and O–H groups in total. The molecule has 0 bridgehead atoms. The second kappa shape index (κ2) is 8.32. The summed E-state index contributed by atoms with van der Waals surface area (Å²) in [6, 6.07) is 1.89. The highest BCUT2D eigenvalue weighted by atomic mass is 16.2. The molecule has 136 valence electrons. The Morgan fingerprint density at radius 2 is 2.08 bits per heavy atom. The number of nitrogens with zero attached hydrogens (tertiary/aromatic N) is 5. The Balaban J connectivity index is 1.53. The quantitative estimate of drug-likeness (QED) is 0.777. The molecule has 1 aliphatic rings. The predicted octanol–water partition coefficient (Wildman–Crippen LogP) is 2.92. The van der Waals surface area contributed by atoms with Crippen molar-refractivity contribution in [3.05, 3.63) is 36.7 Å². The number of rotatable bonds is 7. The van der Waals surface area contributed by atoms with Crippen LogP contribution in [0.5, 0.6) is 0 Å². The summed E-state index contributed by atoms with van der Waals surface area (Å²) in [5.74, 6) is 1.87. The number of likely N-dealkylation sites (tertiary alicyclic amines) is 1. The van der Waals surface area contributed by atoms with Gasteiger partial charge in [0.1, 0.15) is 5.82 Å². The van der Waals surface area contributed by atoms with E-state index >= 15 is 0 Å². The number of aromatic nitrogens is 4. The fraction of sp³-hybridized carbons (Fsp3) is 0.632. The number of hydrogen-bond donors (Lipinski definition) is 0. The van der Waals surface area contributed by atoms with Crippen molar-refractivity contribution in [1.29, 1.82) is 0 Å². The molecular weight excluding hydrogens is 314 g/mol. The maximum atomic E-state index is 12.7. The first-order valence-corrected chi connectivity index (χ1v) is 9.46. The maximum Gasteiger partial charge on any atom is 0.227 e. The molecule has 1 fully saturated rings. The molecule has 1 atom stereocenters. The van der Waals surface area contributed by atoms with E-state index in [1.807, 2.05) is 35.0 Å². The fourth-order valence-corrected chi connectivity index (χ4v) is 3.64. The van der Waals surface area contributed by atoms with E-state index in [1.165, 1.54) is 18.7 Å². The van der Waals surface area contributed by atoms with Crippen LogP contribution in [0.25, 0.3) is 0 Å². The lowest BCUT2D eigenvalue weighted by molar-refractivity contribution is -0.136. The number of unbranched alkanes of at least 4 members (excludes halogenated alkanes) is 1. The first-order valence-electron chi connectivity index (χ1n) is 9.46. The molecule has 6 nitrogen and oxygen atoms in total. The van der Waals surface area contributed by atoms with Crippen molar-refractivity contribution in [2.45, 2.75) is 58.5 Å². The van der Waals surface area contributed by atoms with Gasteiger partial charge in [-0.05, 0) is 25.3 Å². The van der Waals surface area contributed by atoms with Crippen molar-refractivity contribution >= 4 is 5.91 Å². The molecule has 2 aromatic rings. The van der Waals surface area contributed by atoms with Crippen molar-refractivity contribution in [3.8, 4) is 0 Å². The number of aryl methyl sites for hydroxylation is 1. The molecule has 0 unspecified atom stereocenters. The largest absolute Gasteiger partial charge is 0.342 e. The van der Waals surface area contributed by atoms with Crippen LogP contribution < -0.4 is 0 Å². The van der Waals surface area contributed by atoms with E-state index in [-0.39, 0.29) is 11.8 Å². The minimum absolute atomic E-state index is 0.0389. The zero-order valence-corrected chi connectivity index (χ0v) is 15.3. The first kappa shape index (κ1) is 17.7. The lowest BCUT2D eigenvalue weighted by Crippen LogP contribution is -2.42. The van der Waals surface area contributed by atoms with Crippen LogP contribution in [0.3, 0.4) is 0 Å². The van der Waals surface area contributed by atoms with Crippen LogP contribution in [0, 0.1) is 5.92 Å². The number of amides is 1. The van der Waals surface area contributed by atoms with Crippen molar-refractivity contribution in [2.24, 2.45) is 5.92 Å². The van der Waals surface area contributed by atoms with Crippen molar-refractivity contribution in [3.63, 3.8) is 0 Å². The third-order valence-electron chi connectivity index (χ3n) is 5.11. The van der Waals surface area contributed by atoms with Crippen molar-refractivity contribution in [1.82, 2.24) is 24.2 Å². The van der Waals surface area contributed by atoms with Gasteiger partial charge in [-0.3, -0.25) is 9.48 Å². The summed E-state index contributed by atoms with van der Waals surface area (Å²) in [5.41, 5.74) is 0. The third-order valence-corrected chi connectivity index (χ3v) is 5.11. The topological polar surface area (TPSA) is 56.0 Å². The average Bonchev–Trinajstić information content (AvgIpc) is 3.31. The lowest BCUT2D eigenvalue weighted by Gasteiger charge is -2.33. The van der Waals surface area contributed by atoms with Gasteiger partial charge in [0.05, 0.1) is 12.5 Å². The van der Waals surface area contributed by atoms with E-state index in [0.717, 1.165) is 32.5 Å². The van der Waals surface area contributed by atoms with Crippen LogP contribution in [0.15, 0.2) is 30.9 Å². The monoisotopic (exact) mass is 343 g/mol. The second-order valence-corrected chi connectivity index (χ2v) is 7.06. The van der Waals surface area contributed by atoms with Gasteiger partial charge in [-0.2, -0.15) is 5.10 Å². The molecule has 1 saturated heterocycles. The summed E-state index contributed by atoms with van der Waals surface area (Å²) in [4.78, 5) is 19.3. The summed E-state index contributed by atoms with van der Waals surface area (Å²) in [7, 11) is 0. The third kappa shape index (κ3) is 4.30. The van der Waals surface area contributed by atoms with E-state index < -0.39 is 0 Å². The Morgan fingerprint density at radius 3 is 2.76 bits per heavy atom. The standard InChI is InChI=1S/C19H29N5O/c1-3-4-10-22-14-9-20-18(22)17-6-12-23(13-7-17)19(25)16(2)15-24-11-5-8-21-24/h5,8-9,11,14,16-17H,3-4,6-7,10,12-13,15H2,1-2H3/t16-/m0/s1. The highest BCUT2D eigenvalue weighted by Crippen LogP contribution is 2.28. The molecule has 6 heteroatoms. The zero-order valence-electron chi connectivity index (χ0n) is 15.3. The minimum atomic E-state index is -0.0389. The van der Waals surface area contributed by atoms with Crippen LogP contribution in [-0.4, -0.2) is 43.2 Å². The van der Waals surface area contributed by atoms with Crippen LogP contribution in [0.4, 0.5) is 0 Å². The smallest absolute Gasteiger partial charge is 0.227 e. The molecule has 0 aliphatic carbocycles. The lowest BCUT2D eigenvalue weighted by atomic mass is 9.95. The van der Waals surface area contributed by atoms with Gasteiger partial charge in [0.15, 0.2) is 0 Å². The first-order chi connectivity index (χ1) is 12.2. The molecule has 0 aromatic carbocycles. The van der Waals surface area contributed by atoms with Crippen LogP contribution >= 0.6 is 0 Å². The molecule has 1 amide bonds. The van der Waals surface area contributed by atoms with Gasteiger partial charge >= 0.3 is 0 Å². The van der Waals surface area contributed by atoms with E-state index in [9.17, 15) is 4.79 Å². The number of carbonyl (C=O) groups is 1. The summed E-state index contributed by atoms with van der Waals surface area (Å²) in [6.45, 7) is 7.55. The van der Waals surface area contributed by atoms with Gasteiger partial charge < -0.3 is 9.47 Å². The Morgan fingerprint density at radius 1 is 1.28 bits per heavy atom. The Labute approximate surface area is 149 Å². The summed E-state index contributed by atoms with van der Waals surface area (Å²) in [5, 5.41) is 4.20. The highest BCUT2D eigenvalue weighted by Gasteiger charge is 2.28. The molecule has 1 aliphatic heterocycles. The summed E-state index contributed by atoms with van der Waals surface area (Å²) >= 11 is 0. The molecule has 0 radical (unpaired) electrons. The van der Waals surface area contributed by atoms with E-state index in [0.29, 0.717) is 12.5 Å². The molecule has 0 spiro atoms. The van der Waals surface area contributed by atoms with Gasteiger partial charge in [-0.1, -0.05) is 20.3 Å². The van der Waals surface area contributed by atoms with Gasteiger partial charge in [-0.15, -0.1) is 0 Å². The molecule has 3 rings (SSSR count). The van der Waals surface area contributed by atoms with Gasteiger partial charge in [0.2, 0.25) is 5.91 Å². The summed E-state index contributed by atoms with van der Waals surface area (Å²) < 4.78 is 4.13.